The van der Waals surface area contributed by atoms with Gasteiger partial charge in [-0.15, -0.1) is 11.3 Å². The molecule has 1 N–H and O–H groups in total. The minimum Gasteiger partial charge on any atom is -0.494 e. The van der Waals surface area contributed by atoms with Crippen molar-refractivity contribution in [3.8, 4) is 16.9 Å². The Balaban J connectivity index is 1.60. The van der Waals surface area contributed by atoms with E-state index in [1.165, 1.54) is 16.9 Å². The number of amides is 1. The number of carbonyl (C=O) groups is 2. The van der Waals surface area contributed by atoms with E-state index < -0.39 is 5.97 Å². The lowest BCUT2D eigenvalue weighted by atomic mass is 10.0. The lowest BCUT2D eigenvalue weighted by molar-refractivity contribution is -0.116. The molecule has 2 aromatic carbocycles. The first kappa shape index (κ1) is 25.0. The lowest BCUT2D eigenvalue weighted by Gasteiger charge is -2.10. The first-order valence-corrected chi connectivity index (χ1v) is 12.6. The number of hydrogen-bond donors (Lipinski definition) is 1. The van der Waals surface area contributed by atoms with Gasteiger partial charge in [-0.2, -0.15) is 0 Å². The van der Waals surface area contributed by atoms with Gasteiger partial charge in [0.1, 0.15) is 16.3 Å². The maximum absolute atomic E-state index is 12.7. The number of hydrogen-bond acceptors (Lipinski definition) is 5. The molecule has 0 aliphatic heterocycles. The summed E-state index contributed by atoms with van der Waals surface area (Å²) in [4.78, 5) is 25.2. The second kappa shape index (κ2) is 12.0. The summed E-state index contributed by atoms with van der Waals surface area (Å²) >= 11 is 4.75. The van der Waals surface area contributed by atoms with Gasteiger partial charge in [-0.05, 0) is 54.7 Å². The molecular formula is C26H28BrNO4S. The van der Waals surface area contributed by atoms with Crippen molar-refractivity contribution in [1.29, 1.82) is 0 Å². The fraction of sp³-hybridized carbons (Fsp3) is 0.308. The number of benzene rings is 2. The minimum absolute atomic E-state index is 0.163. The number of rotatable bonds is 10. The molecular weight excluding hydrogens is 502 g/mol. The number of halogens is 1. The van der Waals surface area contributed by atoms with Crippen molar-refractivity contribution in [1.82, 2.24) is 0 Å². The van der Waals surface area contributed by atoms with Crippen LogP contribution in [0.25, 0.3) is 11.1 Å². The zero-order chi connectivity index (χ0) is 23.8. The predicted octanol–water partition coefficient (Wildman–Crippen LogP) is 7.28. The summed E-state index contributed by atoms with van der Waals surface area (Å²) in [6, 6.07) is 15.7. The standard InChI is InChI=1S/C26H28BrNO4S/c1-4-31-26(30)24-22(19-7-11-20(27)12-8-19)16-33-25(24)28-23(29)6-5-15-32-21-13-9-18(10-14-21)17(2)3/h7-14,16-17H,4-6,15H2,1-3H3,(H,28,29). The van der Waals surface area contributed by atoms with Gasteiger partial charge >= 0.3 is 5.97 Å². The summed E-state index contributed by atoms with van der Waals surface area (Å²) < 4.78 is 12.0. The summed E-state index contributed by atoms with van der Waals surface area (Å²) in [5.41, 5.74) is 3.28. The molecule has 3 rings (SSSR count). The summed E-state index contributed by atoms with van der Waals surface area (Å²) in [5.74, 6) is 0.661. The van der Waals surface area contributed by atoms with E-state index in [0.29, 0.717) is 29.5 Å². The van der Waals surface area contributed by atoms with Crippen LogP contribution in [-0.4, -0.2) is 25.1 Å². The van der Waals surface area contributed by atoms with Crippen molar-refractivity contribution in [2.24, 2.45) is 0 Å². The molecule has 174 valence electrons. The molecule has 0 atom stereocenters. The van der Waals surface area contributed by atoms with Gasteiger partial charge in [0.05, 0.1) is 13.2 Å². The quantitative estimate of drug-likeness (QED) is 0.221. The molecule has 33 heavy (non-hydrogen) atoms. The highest BCUT2D eigenvalue weighted by molar-refractivity contribution is 9.10. The second-order valence-electron chi connectivity index (χ2n) is 7.80. The van der Waals surface area contributed by atoms with Crippen molar-refractivity contribution >= 4 is 44.1 Å². The summed E-state index contributed by atoms with van der Waals surface area (Å²) in [7, 11) is 0. The Kier molecular flexibility index (Phi) is 9.09. The minimum atomic E-state index is -0.444. The van der Waals surface area contributed by atoms with Crippen LogP contribution in [0, 0.1) is 0 Å². The van der Waals surface area contributed by atoms with Crippen LogP contribution >= 0.6 is 27.3 Å². The molecule has 0 spiro atoms. The highest BCUT2D eigenvalue weighted by atomic mass is 79.9. The van der Waals surface area contributed by atoms with Crippen LogP contribution < -0.4 is 10.1 Å². The second-order valence-corrected chi connectivity index (χ2v) is 9.60. The maximum Gasteiger partial charge on any atom is 0.341 e. The van der Waals surface area contributed by atoms with E-state index in [2.05, 4.69) is 47.2 Å². The van der Waals surface area contributed by atoms with Crippen molar-refractivity contribution in [3.05, 3.63) is 69.5 Å². The topological polar surface area (TPSA) is 64.6 Å². The van der Waals surface area contributed by atoms with Gasteiger partial charge in [0, 0.05) is 21.8 Å². The molecule has 5 nitrogen and oxygen atoms in total. The molecule has 0 aliphatic carbocycles. The first-order valence-electron chi connectivity index (χ1n) is 11.0. The normalized spacial score (nSPS) is 10.8. The number of anilines is 1. The number of esters is 1. The van der Waals surface area contributed by atoms with Crippen molar-refractivity contribution in [2.75, 3.05) is 18.5 Å². The van der Waals surface area contributed by atoms with Crippen LogP contribution in [0.2, 0.25) is 0 Å². The fourth-order valence-electron chi connectivity index (χ4n) is 3.26. The smallest absolute Gasteiger partial charge is 0.341 e. The third-order valence-electron chi connectivity index (χ3n) is 5.04. The summed E-state index contributed by atoms with van der Waals surface area (Å²) in [6.45, 7) is 6.76. The molecule has 0 bridgehead atoms. The first-order chi connectivity index (χ1) is 15.9. The zero-order valence-electron chi connectivity index (χ0n) is 19.0. The van der Waals surface area contributed by atoms with E-state index in [9.17, 15) is 9.59 Å². The molecule has 1 heterocycles. The van der Waals surface area contributed by atoms with Crippen molar-refractivity contribution in [2.45, 2.75) is 39.5 Å². The number of carbonyl (C=O) groups excluding carboxylic acids is 2. The van der Waals surface area contributed by atoms with Gasteiger partial charge in [0.25, 0.3) is 0 Å². The van der Waals surface area contributed by atoms with Crippen LogP contribution in [0.5, 0.6) is 5.75 Å². The molecule has 3 aromatic rings. The van der Waals surface area contributed by atoms with Gasteiger partial charge in [-0.3, -0.25) is 4.79 Å². The van der Waals surface area contributed by atoms with Crippen LogP contribution in [0.15, 0.2) is 58.4 Å². The van der Waals surface area contributed by atoms with E-state index in [-0.39, 0.29) is 18.9 Å². The number of nitrogens with one attached hydrogen (secondary N) is 1. The summed E-state index contributed by atoms with van der Waals surface area (Å²) in [6.07, 6.45) is 0.856. The molecule has 0 fully saturated rings. The molecule has 0 aliphatic rings. The Labute approximate surface area is 207 Å². The molecule has 7 heteroatoms. The molecule has 1 aromatic heterocycles. The van der Waals surface area contributed by atoms with Crippen LogP contribution in [0.3, 0.4) is 0 Å². The average Bonchev–Trinajstić information content (AvgIpc) is 3.21. The van der Waals surface area contributed by atoms with Gasteiger partial charge in [0.2, 0.25) is 5.91 Å². The third kappa shape index (κ3) is 6.92. The number of ether oxygens (including phenoxy) is 2. The third-order valence-corrected chi connectivity index (χ3v) is 6.47. The van der Waals surface area contributed by atoms with E-state index in [4.69, 9.17) is 9.47 Å². The zero-order valence-corrected chi connectivity index (χ0v) is 21.4. The molecule has 0 radical (unpaired) electrons. The molecule has 0 saturated carbocycles. The highest BCUT2D eigenvalue weighted by Gasteiger charge is 2.22. The fourth-order valence-corrected chi connectivity index (χ4v) is 4.50. The van der Waals surface area contributed by atoms with Gasteiger partial charge < -0.3 is 14.8 Å². The largest absolute Gasteiger partial charge is 0.494 e. The Morgan fingerprint density at radius 1 is 1.06 bits per heavy atom. The van der Waals surface area contributed by atoms with Crippen molar-refractivity contribution in [3.63, 3.8) is 0 Å². The predicted molar refractivity (Wildman–Crippen MR) is 137 cm³/mol. The Morgan fingerprint density at radius 2 is 1.76 bits per heavy atom. The Hall–Kier alpha value is -2.64. The molecule has 0 unspecified atom stereocenters. The Morgan fingerprint density at radius 3 is 2.39 bits per heavy atom. The van der Waals surface area contributed by atoms with Gasteiger partial charge in [-0.25, -0.2) is 4.79 Å². The van der Waals surface area contributed by atoms with Gasteiger partial charge in [-0.1, -0.05) is 54.0 Å². The van der Waals surface area contributed by atoms with Crippen molar-refractivity contribution < 1.29 is 19.1 Å². The maximum atomic E-state index is 12.7. The van der Waals surface area contributed by atoms with Crippen LogP contribution in [0.4, 0.5) is 5.00 Å². The highest BCUT2D eigenvalue weighted by Crippen LogP contribution is 2.36. The van der Waals surface area contributed by atoms with Crippen LogP contribution in [-0.2, 0) is 9.53 Å². The summed E-state index contributed by atoms with van der Waals surface area (Å²) in [5, 5.41) is 5.26. The molecule has 0 saturated heterocycles. The molecule has 1 amide bonds. The van der Waals surface area contributed by atoms with E-state index >= 15 is 0 Å². The van der Waals surface area contributed by atoms with Crippen LogP contribution in [0.1, 0.15) is 55.5 Å². The Bertz CT molecular complexity index is 1070. The monoisotopic (exact) mass is 529 g/mol. The number of thiophene rings is 1. The van der Waals surface area contributed by atoms with E-state index in [0.717, 1.165) is 21.3 Å². The van der Waals surface area contributed by atoms with Gasteiger partial charge in [0.15, 0.2) is 0 Å². The van der Waals surface area contributed by atoms with E-state index in [1.54, 1.807) is 6.92 Å². The average molecular weight is 530 g/mol. The SMILES string of the molecule is CCOC(=O)c1c(-c2ccc(Br)cc2)csc1NC(=O)CCCOc1ccc(C(C)C)cc1. The lowest BCUT2D eigenvalue weighted by Crippen LogP contribution is -2.15. The van der Waals surface area contributed by atoms with E-state index in [1.807, 2.05) is 41.8 Å².